The average molecular weight is 943 g/mol. The van der Waals surface area contributed by atoms with Gasteiger partial charge in [0, 0.05) is 12.8 Å². The van der Waals surface area contributed by atoms with Crippen molar-refractivity contribution < 1.29 is 24.5 Å². The number of amides is 1. The van der Waals surface area contributed by atoms with E-state index in [0.29, 0.717) is 25.9 Å². The number of aliphatic hydroxyl groups excluding tert-OH is 2. The van der Waals surface area contributed by atoms with Crippen molar-refractivity contribution in [2.75, 3.05) is 13.2 Å². The molecule has 0 aliphatic heterocycles. The fourth-order valence-corrected chi connectivity index (χ4v) is 9.08. The summed E-state index contributed by atoms with van der Waals surface area (Å²) >= 11 is 0. The van der Waals surface area contributed by atoms with Crippen molar-refractivity contribution in [3.8, 4) is 0 Å². The highest BCUT2D eigenvalue weighted by molar-refractivity contribution is 5.76. The molecule has 3 N–H and O–H groups in total. The lowest BCUT2D eigenvalue weighted by Crippen LogP contribution is -2.45. The standard InChI is InChI=1S/C61H115NO5/c1-3-5-7-9-11-13-15-17-26-30-33-37-41-45-49-53-59(64)58(57-63)62-60(65)54-50-46-42-38-34-31-27-24-22-20-18-19-21-23-25-28-32-36-40-44-48-52-56-67-61(66)55-51-47-43-39-35-29-16-14-12-10-8-6-4-2/h8,10,14,16,20,22,58-59,63-64H,3-7,9,11-13,15,17-19,21,23-57H2,1-2H3,(H,62,65)/b10-8-,16-14-,22-20-. The number of hydrogen-bond donors (Lipinski definition) is 3. The summed E-state index contributed by atoms with van der Waals surface area (Å²) in [4.78, 5) is 24.5. The van der Waals surface area contributed by atoms with Crippen LogP contribution in [-0.4, -0.2) is 47.4 Å². The number of esters is 1. The molecule has 0 aromatic carbocycles. The Hall–Kier alpha value is -1.92. The van der Waals surface area contributed by atoms with Crippen molar-refractivity contribution in [1.29, 1.82) is 0 Å². The van der Waals surface area contributed by atoms with E-state index in [0.717, 1.165) is 51.4 Å². The largest absolute Gasteiger partial charge is 0.466 e. The van der Waals surface area contributed by atoms with Gasteiger partial charge in [-0.25, -0.2) is 0 Å². The summed E-state index contributed by atoms with van der Waals surface area (Å²) in [7, 11) is 0. The molecule has 0 saturated carbocycles. The third kappa shape index (κ3) is 53.3. The molecule has 2 unspecified atom stereocenters. The fourth-order valence-electron chi connectivity index (χ4n) is 9.08. The van der Waals surface area contributed by atoms with E-state index in [4.69, 9.17) is 4.74 Å². The van der Waals surface area contributed by atoms with Crippen LogP contribution >= 0.6 is 0 Å². The van der Waals surface area contributed by atoms with E-state index in [2.05, 4.69) is 55.6 Å². The van der Waals surface area contributed by atoms with Gasteiger partial charge in [-0.1, -0.05) is 262 Å². The Morgan fingerprint density at radius 1 is 0.418 bits per heavy atom. The van der Waals surface area contributed by atoms with E-state index >= 15 is 0 Å². The summed E-state index contributed by atoms with van der Waals surface area (Å²) in [5.74, 6) is -0.0467. The highest BCUT2D eigenvalue weighted by Gasteiger charge is 2.20. The Labute approximate surface area is 417 Å². The summed E-state index contributed by atoms with van der Waals surface area (Å²) < 4.78 is 5.46. The third-order valence-corrected chi connectivity index (χ3v) is 13.6. The van der Waals surface area contributed by atoms with Crippen molar-refractivity contribution in [2.45, 2.75) is 328 Å². The predicted octanol–water partition coefficient (Wildman–Crippen LogP) is 18.4. The zero-order valence-electron chi connectivity index (χ0n) is 44.9. The number of carbonyl (C=O) groups excluding carboxylic acids is 2. The maximum absolute atomic E-state index is 12.5. The first-order chi connectivity index (χ1) is 33.0. The first-order valence-electron chi connectivity index (χ1n) is 29.7. The molecule has 0 fully saturated rings. The number of rotatable bonds is 55. The van der Waals surface area contributed by atoms with Crippen LogP contribution in [0.5, 0.6) is 0 Å². The number of carbonyl (C=O) groups is 2. The van der Waals surface area contributed by atoms with Crippen LogP contribution in [0, 0.1) is 0 Å². The Bertz CT molecular complexity index is 1090. The number of allylic oxidation sites excluding steroid dienone is 6. The molecule has 0 saturated heterocycles. The molecule has 0 rings (SSSR count). The Morgan fingerprint density at radius 2 is 0.776 bits per heavy atom. The maximum Gasteiger partial charge on any atom is 0.305 e. The van der Waals surface area contributed by atoms with Crippen LogP contribution in [0.25, 0.3) is 0 Å². The van der Waals surface area contributed by atoms with Gasteiger partial charge in [-0.15, -0.1) is 0 Å². The zero-order valence-corrected chi connectivity index (χ0v) is 44.9. The lowest BCUT2D eigenvalue weighted by atomic mass is 10.0. The highest BCUT2D eigenvalue weighted by atomic mass is 16.5. The minimum absolute atomic E-state index is 0.00552. The molecule has 2 atom stereocenters. The van der Waals surface area contributed by atoms with Crippen molar-refractivity contribution in [2.24, 2.45) is 0 Å². The van der Waals surface area contributed by atoms with Gasteiger partial charge in [-0.2, -0.15) is 0 Å². The van der Waals surface area contributed by atoms with Crippen molar-refractivity contribution in [1.82, 2.24) is 5.32 Å². The summed E-state index contributed by atoms with van der Waals surface area (Å²) in [6, 6.07) is -0.547. The molecular weight excluding hydrogens is 827 g/mol. The second-order valence-corrected chi connectivity index (χ2v) is 20.3. The molecule has 394 valence electrons. The van der Waals surface area contributed by atoms with Crippen LogP contribution in [0.15, 0.2) is 36.5 Å². The van der Waals surface area contributed by atoms with E-state index in [1.807, 2.05) is 0 Å². The lowest BCUT2D eigenvalue weighted by Gasteiger charge is -2.22. The molecule has 0 spiro atoms. The van der Waals surface area contributed by atoms with E-state index in [9.17, 15) is 19.8 Å². The van der Waals surface area contributed by atoms with Gasteiger partial charge in [-0.3, -0.25) is 9.59 Å². The molecule has 67 heavy (non-hydrogen) atoms. The quantitative estimate of drug-likeness (QED) is 0.0321. The maximum atomic E-state index is 12.5. The zero-order chi connectivity index (χ0) is 48.6. The Morgan fingerprint density at radius 3 is 1.21 bits per heavy atom. The topological polar surface area (TPSA) is 95.9 Å². The molecule has 1 amide bonds. The first-order valence-corrected chi connectivity index (χ1v) is 29.7. The second kappa shape index (κ2) is 56.7. The summed E-state index contributed by atoms with van der Waals surface area (Å²) in [5.41, 5.74) is 0. The summed E-state index contributed by atoms with van der Waals surface area (Å²) in [6.07, 6.45) is 70.0. The van der Waals surface area contributed by atoms with Gasteiger partial charge in [0.2, 0.25) is 5.91 Å². The molecule has 0 aliphatic rings. The van der Waals surface area contributed by atoms with Crippen LogP contribution in [-0.2, 0) is 14.3 Å². The molecule has 0 radical (unpaired) electrons. The molecule has 6 nitrogen and oxygen atoms in total. The summed E-state index contributed by atoms with van der Waals surface area (Å²) in [6.45, 7) is 4.89. The van der Waals surface area contributed by atoms with Gasteiger partial charge in [0.25, 0.3) is 0 Å². The minimum atomic E-state index is -0.669. The van der Waals surface area contributed by atoms with Gasteiger partial charge >= 0.3 is 5.97 Å². The van der Waals surface area contributed by atoms with Gasteiger partial charge in [0.1, 0.15) is 0 Å². The molecule has 0 aromatic heterocycles. The van der Waals surface area contributed by atoms with E-state index < -0.39 is 12.1 Å². The third-order valence-electron chi connectivity index (χ3n) is 13.6. The van der Waals surface area contributed by atoms with Crippen molar-refractivity contribution in [3.63, 3.8) is 0 Å². The second-order valence-electron chi connectivity index (χ2n) is 20.3. The van der Waals surface area contributed by atoms with E-state index in [1.54, 1.807) is 0 Å². The van der Waals surface area contributed by atoms with Crippen LogP contribution in [0.1, 0.15) is 316 Å². The number of ether oxygens (including phenoxy) is 1. The molecular formula is C61H115NO5. The van der Waals surface area contributed by atoms with Gasteiger partial charge in [0.15, 0.2) is 0 Å². The van der Waals surface area contributed by atoms with Gasteiger partial charge in [-0.05, 0) is 77.0 Å². The average Bonchev–Trinajstić information content (AvgIpc) is 3.33. The number of unbranched alkanes of at least 4 members (excludes halogenated alkanes) is 38. The van der Waals surface area contributed by atoms with Gasteiger partial charge in [0.05, 0.1) is 25.4 Å². The number of hydrogen-bond acceptors (Lipinski definition) is 5. The van der Waals surface area contributed by atoms with Crippen molar-refractivity contribution in [3.05, 3.63) is 36.5 Å². The molecule has 0 bridgehead atoms. The molecule has 6 heteroatoms. The Kier molecular flexibility index (Phi) is 55.0. The lowest BCUT2D eigenvalue weighted by molar-refractivity contribution is -0.143. The fraction of sp³-hybridized carbons (Fsp3) is 0.869. The molecule has 0 aliphatic carbocycles. The van der Waals surface area contributed by atoms with Crippen LogP contribution in [0.3, 0.4) is 0 Å². The van der Waals surface area contributed by atoms with Crippen LogP contribution < -0.4 is 5.32 Å². The molecule has 0 heterocycles. The normalized spacial score (nSPS) is 12.8. The predicted molar refractivity (Wildman–Crippen MR) is 292 cm³/mol. The monoisotopic (exact) mass is 942 g/mol. The van der Waals surface area contributed by atoms with Gasteiger partial charge < -0.3 is 20.3 Å². The molecule has 0 aromatic rings. The van der Waals surface area contributed by atoms with Crippen LogP contribution in [0.2, 0.25) is 0 Å². The summed E-state index contributed by atoms with van der Waals surface area (Å²) in [5, 5.41) is 23.3. The Balaban J connectivity index is 3.42. The minimum Gasteiger partial charge on any atom is -0.466 e. The smallest absolute Gasteiger partial charge is 0.305 e. The van der Waals surface area contributed by atoms with Crippen LogP contribution in [0.4, 0.5) is 0 Å². The van der Waals surface area contributed by atoms with E-state index in [-0.39, 0.29) is 18.5 Å². The highest BCUT2D eigenvalue weighted by Crippen LogP contribution is 2.17. The van der Waals surface area contributed by atoms with Crippen molar-refractivity contribution >= 4 is 11.9 Å². The number of nitrogens with one attached hydrogen (secondary N) is 1. The first kappa shape index (κ1) is 65.1. The number of aliphatic hydroxyl groups is 2. The SMILES string of the molecule is CCC/C=C\C/C=C\CCCCCCCC(=O)OCCCCCCCCCCCCC/C=C\CCCCCCCCCC(=O)NC(CO)C(O)CCCCCCCCCCCCCCCCC. The van der Waals surface area contributed by atoms with E-state index in [1.165, 1.54) is 231 Å².